The van der Waals surface area contributed by atoms with Crippen molar-refractivity contribution in [3.63, 3.8) is 0 Å². The number of hydrogen-bond acceptors (Lipinski definition) is 4. The molecule has 0 bridgehead atoms. The van der Waals surface area contributed by atoms with E-state index in [2.05, 4.69) is 17.1 Å². The molecule has 3 aromatic rings. The van der Waals surface area contributed by atoms with Crippen molar-refractivity contribution in [1.82, 2.24) is 5.43 Å². The molecule has 1 N–H and O–H groups in total. The molecule has 0 heterocycles. The van der Waals surface area contributed by atoms with E-state index in [-0.39, 0.29) is 12.5 Å². The minimum atomic E-state index is -0.343. The van der Waals surface area contributed by atoms with Crippen molar-refractivity contribution in [2.75, 3.05) is 6.61 Å². The van der Waals surface area contributed by atoms with Gasteiger partial charge in [-0.25, -0.2) is 5.43 Å². The van der Waals surface area contributed by atoms with Gasteiger partial charge in [0.05, 0.1) is 12.8 Å². The number of benzene rings is 3. The largest absolute Gasteiger partial charge is 0.490 e. The number of ether oxygens (including phenoxy) is 2. The predicted molar refractivity (Wildman–Crippen MR) is 139 cm³/mol. The molecule has 0 aliphatic carbocycles. The lowest BCUT2D eigenvalue weighted by molar-refractivity contribution is 0.0955. The molecule has 34 heavy (non-hydrogen) atoms. The van der Waals surface area contributed by atoms with Gasteiger partial charge in [0.1, 0.15) is 6.61 Å². The third-order valence-corrected chi connectivity index (χ3v) is 5.53. The second-order valence-corrected chi connectivity index (χ2v) is 8.44. The van der Waals surface area contributed by atoms with Gasteiger partial charge in [0.2, 0.25) is 0 Å². The highest BCUT2D eigenvalue weighted by Gasteiger charge is 2.14. The van der Waals surface area contributed by atoms with Gasteiger partial charge in [0.25, 0.3) is 5.91 Å². The zero-order valence-corrected chi connectivity index (χ0v) is 20.8. The third-order valence-electron chi connectivity index (χ3n) is 4.69. The van der Waals surface area contributed by atoms with Crippen molar-refractivity contribution in [2.45, 2.75) is 20.0 Å². The Labute approximate surface area is 213 Å². The summed E-state index contributed by atoms with van der Waals surface area (Å²) in [6, 6.07) is 15.5. The molecule has 3 rings (SSSR count). The van der Waals surface area contributed by atoms with Gasteiger partial charge in [0, 0.05) is 31.8 Å². The molecule has 5 nitrogen and oxygen atoms in total. The van der Waals surface area contributed by atoms with Crippen LogP contribution >= 0.6 is 34.8 Å². The first-order valence-corrected chi connectivity index (χ1v) is 11.6. The van der Waals surface area contributed by atoms with Crippen LogP contribution in [0.3, 0.4) is 0 Å². The fourth-order valence-corrected chi connectivity index (χ4v) is 3.70. The van der Waals surface area contributed by atoms with E-state index in [1.165, 1.54) is 0 Å². The molecule has 176 valence electrons. The van der Waals surface area contributed by atoms with Gasteiger partial charge in [-0.15, -0.1) is 6.58 Å². The summed E-state index contributed by atoms with van der Waals surface area (Å²) in [6.07, 6.45) is 3.86. The van der Waals surface area contributed by atoms with Crippen molar-refractivity contribution in [3.05, 3.63) is 105 Å². The highest BCUT2D eigenvalue weighted by atomic mass is 35.5. The van der Waals surface area contributed by atoms with E-state index in [4.69, 9.17) is 44.3 Å². The van der Waals surface area contributed by atoms with Crippen LogP contribution in [-0.4, -0.2) is 18.7 Å². The van der Waals surface area contributed by atoms with E-state index in [1.807, 2.05) is 19.1 Å². The Morgan fingerprint density at radius 2 is 1.74 bits per heavy atom. The van der Waals surface area contributed by atoms with Crippen LogP contribution in [0.2, 0.25) is 15.1 Å². The number of carbonyl (C=O) groups excluding carboxylic acids is 1. The number of amides is 1. The molecule has 0 saturated heterocycles. The van der Waals surface area contributed by atoms with Crippen LogP contribution in [0.25, 0.3) is 0 Å². The molecule has 0 unspecified atom stereocenters. The molecule has 0 fully saturated rings. The number of hydrogen-bond donors (Lipinski definition) is 1. The molecule has 3 aromatic carbocycles. The van der Waals surface area contributed by atoms with Gasteiger partial charge in [-0.1, -0.05) is 46.9 Å². The average molecular weight is 518 g/mol. The maximum atomic E-state index is 12.3. The third kappa shape index (κ3) is 7.00. The van der Waals surface area contributed by atoms with Crippen LogP contribution in [0.15, 0.2) is 72.4 Å². The summed E-state index contributed by atoms with van der Waals surface area (Å²) >= 11 is 18.1. The van der Waals surface area contributed by atoms with Gasteiger partial charge in [-0.05, 0) is 67.4 Å². The Morgan fingerprint density at radius 1 is 1.00 bits per heavy atom. The smallest absolute Gasteiger partial charge is 0.271 e. The van der Waals surface area contributed by atoms with Crippen molar-refractivity contribution in [3.8, 4) is 11.5 Å². The molecule has 0 aliphatic rings. The zero-order valence-electron chi connectivity index (χ0n) is 18.5. The van der Waals surface area contributed by atoms with E-state index in [1.54, 1.807) is 54.8 Å². The normalized spacial score (nSPS) is 10.8. The Morgan fingerprint density at radius 3 is 2.41 bits per heavy atom. The van der Waals surface area contributed by atoms with Crippen LogP contribution in [0.4, 0.5) is 0 Å². The predicted octanol–water partition coefficient (Wildman–Crippen LogP) is 7.12. The molecule has 0 spiro atoms. The average Bonchev–Trinajstić information content (AvgIpc) is 2.80. The quantitative estimate of drug-likeness (QED) is 0.177. The monoisotopic (exact) mass is 516 g/mol. The maximum absolute atomic E-state index is 12.3. The number of allylic oxidation sites excluding steroid dienone is 1. The maximum Gasteiger partial charge on any atom is 0.271 e. The van der Waals surface area contributed by atoms with Gasteiger partial charge in [0.15, 0.2) is 11.5 Å². The summed E-state index contributed by atoms with van der Waals surface area (Å²) in [7, 11) is 0. The van der Waals surface area contributed by atoms with E-state index in [0.29, 0.717) is 45.2 Å². The van der Waals surface area contributed by atoms with Gasteiger partial charge >= 0.3 is 0 Å². The number of hydrazone groups is 1. The molecule has 0 atom stereocenters. The SMILES string of the molecule is C=CCc1cc(/C=N\NC(=O)c2ccc(Cl)cc2)cc(OCC)c1OCc1ccc(Cl)cc1Cl. The minimum Gasteiger partial charge on any atom is -0.490 e. The molecular weight excluding hydrogens is 495 g/mol. The molecule has 0 saturated carbocycles. The second kappa shape index (κ2) is 12.5. The first-order chi connectivity index (χ1) is 16.4. The van der Waals surface area contributed by atoms with Gasteiger partial charge in [-0.3, -0.25) is 4.79 Å². The van der Waals surface area contributed by atoms with Crippen molar-refractivity contribution < 1.29 is 14.3 Å². The van der Waals surface area contributed by atoms with Gasteiger partial charge < -0.3 is 9.47 Å². The summed E-state index contributed by atoms with van der Waals surface area (Å²) in [5.74, 6) is 0.802. The summed E-state index contributed by atoms with van der Waals surface area (Å²) < 4.78 is 12.0. The topological polar surface area (TPSA) is 59.9 Å². The van der Waals surface area contributed by atoms with Crippen LogP contribution in [-0.2, 0) is 13.0 Å². The molecule has 0 aliphatic heterocycles. The highest BCUT2D eigenvalue weighted by Crippen LogP contribution is 2.35. The number of nitrogens with one attached hydrogen (secondary N) is 1. The van der Waals surface area contributed by atoms with Crippen LogP contribution in [0, 0.1) is 0 Å². The Hall–Kier alpha value is -2.99. The first kappa shape index (κ1) is 25.6. The lowest BCUT2D eigenvalue weighted by Crippen LogP contribution is -2.17. The van der Waals surface area contributed by atoms with E-state index < -0.39 is 0 Å². The summed E-state index contributed by atoms with van der Waals surface area (Å²) in [6.45, 7) is 6.41. The number of carbonyl (C=O) groups is 1. The zero-order chi connectivity index (χ0) is 24.5. The lowest BCUT2D eigenvalue weighted by Gasteiger charge is -2.17. The molecular formula is C26H23Cl3N2O3. The van der Waals surface area contributed by atoms with E-state index >= 15 is 0 Å². The van der Waals surface area contributed by atoms with Crippen molar-refractivity contribution >= 4 is 46.9 Å². The summed E-state index contributed by atoms with van der Waals surface area (Å²) in [5, 5.41) is 5.71. The Kier molecular flexibility index (Phi) is 9.40. The van der Waals surface area contributed by atoms with Gasteiger partial charge in [-0.2, -0.15) is 5.10 Å². The lowest BCUT2D eigenvalue weighted by atomic mass is 10.1. The van der Waals surface area contributed by atoms with Crippen LogP contribution in [0.5, 0.6) is 11.5 Å². The summed E-state index contributed by atoms with van der Waals surface area (Å²) in [4.78, 5) is 12.3. The number of halogens is 3. The molecule has 0 radical (unpaired) electrons. The van der Waals surface area contributed by atoms with Crippen LogP contribution in [0.1, 0.15) is 34.0 Å². The molecule has 0 aromatic heterocycles. The first-order valence-electron chi connectivity index (χ1n) is 10.5. The highest BCUT2D eigenvalue weighted by molar-refractivity contribution is 6.35. The Bertz CT molecular complexity index is 1190. The number of nitrogens with zero attached hydrogens (tertiary/aromatic N) is 1. The summed E-state index contributed by atoms with van der Waals surface area (Å²) in [5.41, 5.74) is 5.35. The standard InChI is InChI=1S/C26H23Cl3N2O3/c1-3-5-19-12-17(15-30-31-26(32)18-6-9-21(27)10-7-18)13-24(33-4-2)25(19)34-16-20-8-11-22(28)14-23(20)29/h3,6-15H,1,4-5,16H2,2H3,(H,31,32)/b30-15-. The van der Waals surface area contributed by atoms with E-state index in [9.17, 15) is 4.79 Å². The fourth-order valence-electron chi connectivity index (χ4n) is 3.11. The van der Waals surface area contributed by atoms with E-state index in [0.717, 1.165) is 16.7 Å². The van der Waals surface area contributed by atoms with Crippen molar-refractivity contribution in [1.29, 1.82) is 0 Å². The van der Waals surface area contributed by atoms with Crippen LogP contribution < -0.4 is 14.9 Å². The second-order valence-electron chi connectivity index (χ2n) is 7.16. The molecule has 1 amide bonds. The molecule has 8 heteroatoms. The Balaban J connectivity index is 1.81. The van der Waals surface area contributed by atoms with Crippen molar-refractivity contribution in [2.24, 2.45) is 5.10 Å². The minimum absolute atomic E-state index is 0.241. The fraction of sp³-hybridized carbons (Fsp3) is 0.154. The number of rotatable bonds is 10.